The van der Waals surface area contributed by atoms with Crippen molar-refractivity contribution in [2.45, 2.75) is 19.1 Å². The van der Waals surface area contributed by atoms with E-state index in [0.29, 0.717) is 17.6 Å². The third-order valence-corrected chi connectivity index (χ3v) is 3.77. The van der Waals surface area contributed by atoms with E-state index in [-0.39, 0.29) is 18.2 Å². The highest BCUT2D eigenvalue weighted by Crippen LogP contribution is 2.33. The fourth-order valence-electron chi connectivity index (χ4n) is 2.47. The first-order valence-corrected chi connectivity index (χ1v) is 8.17. The maximum absolute atomic E-state index is 13.6. The van der Waals surface area contributed by atoms with Crippen LogP contribution in [0.5, 0.6) is 5.88 Å². The number of amides is 1. The van der Waals surface area contributed by atoms with Gasteiger partial charge in [0.25, 0.3) is 5.91 Å². The third kappa shape index (κ3) is 4.27. The number of imidazole rings is 1. The molecular formula is C16H16F3N7O2. The van der Waals surface area contributed by atoms with Gasteiger partial charge < -0.3 is 14.6 Å². The molecule has 1 N–H and O–H groups in total. The number of hydrogen-bond donors (Lipinski definition) is 1. The lowest BCUT2D eigenvalue weighted by molar-refractivity contribution is -0.143. The van der Waals surface area contributed by atoms with E-state index in [0.717, 1.165) is 6.20 Å². The maximum Gasteiger partial charge on any atom is 0.434 e. The predicted octanol–water partition coefficient (Wildman–Crippen LogP) is 1.71. The maximum atomic E-state index is 13.6. The number of hydrogen-bond acceptors (Lipinski definition) is 6. The van der Waals surface area contributed by atoms with E-state index in [1.807, 2.05) is 0 Å². The number of nitrogens with one attached hydrogen (secondary N) is 1. The van der Waals surface area contributed by atoms with Crippen LogP contribution in [0.1, 0.15) is 22.5 Å². The van der Waals surface area contributed by atoms with Crippen molar-refractivity contribution in [2.24, 2.45) is 0 Å². The SMILES string of the molecule is COc1ccc(-n2ncc(C(=O)NCCCn3ccnc3)c2C(F)(F)F)nn1. The van der Waals surface area contributed by atoms with Crippen LogP contribution >= 0.6 is 0 Å². The van der Waals surface area contributed by atoms with Crippen molar-refractivity contribution < 1.29 is 22.7 Å². The molecule has 0 saturated carbocycles. The Kier molecular flexibility index (Phi) is 5.57. The molecule has 3 heterocycles. The minimum absolute atomic E-state index is 0.139. The molecule has 0 aliphatic rings. The first-order chi connectivity index (χ1) is 13.4. The first kappa shape index (κ1) is 19.3. The fraction of sp³-hybridized carbons (Fsp3) is 0.312. The van der Waals surface area contributed by atoms with Crippen molar-refractivity contribution in [3.8, 4) is 11.7 Å². The van der Waals surface area contributed by atoms with E-state index < -0.39 is 23.3 Å². The Morgan fingerprint density at radius 1 is 1.29 bits per heavy atom. The highest BCUT2D eigenvalue weighted by atomic mass is 19.4. The molecular weight excluding hydrogens is 379 g/mol. The second kappa shape index (κ2) is 8.06. The normalized spacial score (nSPS) is 11.4. The lowest BCUT2D eigenvalue weighted by Gasteiger charge is -2.12. The van der Waals surface area contributed by atoms with Crippen LogP contribution in [-0.2, 0) is 12.7 Å². The molecule has 0 radical (unpaired) electrons. The van der Waals surface area contributed by atoms with Crippen LogP contribution in [0.15, 0.2) is 37.1 Å². The number of halogens is 3. The van der Waals surface area contributed by atoms with Gasteiger partial charge in [0.1, 0.15) is 0 Å². The molecule has 0 bridgehead atoms. The highest BCUT2D eigenvalue weighted by Gasteiger charge is 2.40. The quantitative estimate of drug-likeness (QED) is 0.612. The molecule has 0 unspecified atom stereocenters. The Morgan fingerprint density at radius 2 is 2.11 bits per heavy atom. The average molecular weight is 395 g/mol. The topological polar surface area (TPSA) is 99.8 Å². The Hall–Kier alpha value is -3.44. The molecule has 1 amide bonds. The van der Waals surface area contributed by atoms with E-state index in [4.69, 9.17) is 4.74 Å². The molecule has 28 heavy (non-hydrogen) atoms. The zero-order valence-electron chi connectivity index (χ0n) is 14.7. The third-order valence-electron chi connectivity index (χ3n) is 3.77. The summed E-state index contributed by atoms with van der Waals surface area (Å²) in [5, 5.41) is 13.4. The molecule has 3 aromatic rings. The summed E-state index contributed by atoms with van der Waals surface area (Å²) in [5.41, 5.74) is -1.81. The molecule has 0 fully saturated rings. The second-order valence-corrected chi connectivity index (χ2v) is 5.66. The van der Waals surface area contributed by atoms with Crippen LogP contribution in [0, 0.1) is 0 Å². The minimum Gasteiger partial charge on any atom is -0.480 e. The van der Waals surface area contributed by atoms with Crippen molar-refractivity contribution >= 4 is 5.91 Å². The zero-order valence-corrected chi connectivity index (χ0v) is 14.7. The largest absolute Gasteiger partial charge is 0.480 e. The summed E-state index contributed by atoms with van der Waals surface area (Å²) in [6.07, 6.45) is 1.56. The van der Waals surface area contributed by atoms with Crippen molar-refractivity contribution in [3.05, 3.63) is 48.3 Å². The van der Waals surface area contributed by atoms with E-state index in [1.165, 1.54) is 19.2 Å². The predicted molar refractivity (Wildman–Crippen MR) is 89.9 cm³/mol. The fourth-order valence-corrected chi connectivity index (χ4v) is 2.47. The van der Waals surface area contributed by atoms with E-state index in [2.05, 4.69) is 25.6 Å². The molecule has 0 saturated heterocycles. The molecule has 148 valence electrons. The summed E-state index contributed by atoms with van der Waals surface area (Å²) in [7, 11) is 1.36. The van der Waals surface area contributed by atoms with Gasteiger partial charge in [-0.05, 0) is 12.5 Å². The number of ether oxygens (including phenoxy) is 1. The van der Waals surface area contributed by atoms with Gasteiger partial charge in [-0.2, -0.15) is 18.3 Å². The summed E-state index contributed by atoms with van der Waals surface area (Å²) in [4.78, 5) is 16.2. The summed E-state index contributed by atoms with van der Waals surface area (Å²) < 4.78 is 47.9. The molecule has 3 aromatic heterocycles. The van der Waals surface area contributed by atoms with Crippen LogP contribution in [0.25, 0.3) is 5.82 Å². The van der Waals surface area contributed by atoms with Crippen molar-refractivity contribution in [3.63, 3.8) is 0 Å². The number of carbonyl (C=O) groups excluding carboxylic acids is 1. The number of aromatic nitrogens is 6. The lowest BCUT2D eigenvalue weighted by atomic mass is 10.2. The van der Waals surface area contributed by atoms with E-state index in [1.54, 1.807) is 23.3 Å². The van der Waals surface area contributed by atoms with Crippen molar-refractivity contribution in [1.82, 2.24) is 34.8 Å². The van der Waals surface area contributed by atoms with Crippen LogP contribution in [-0.4, -0.2) is 49.1 Å². The number of nitrogens with zero attached hydrogens (tertiary/aromatic N) is 6. The Labute approximate surface area is 157 Å². The summed E-state index contributed by atoms with van der Waals surface area (Å²) >= 11 is 0. The standard InChI is InChI=1S/C16H16F3N7O2/c1-28-13-4-3-12(23-24-13)26-14(16(17,18)19)11(9-22-26)15(27)21-5-2-7-25-8-6-20-10-25/h3-4,6,8-10H,2,5,7H2,1H3,(H,21,27). The van der Waals surface area contributed by atoms with Gasteiger partial charge in [0.15, 0.2) is 11.5 Å². The first-order valence-electron chi connectivity index (χ1n) is 8.17. The molecule has 0 aliphatic carbocycles. The van der Waals surface area contributed by atoms with Crippen LogP contribution in [0.4, 0.5) is 13.2 Å². The number of carbonyl (C=O) groups is 1. The van der Waals surface area contributed by atoms with Gasteiger partial charge >= 0.3 is 6.18 Å². The number of alkyl halides is 3. The monoisotopic (exact) mass is 395 g/mol. The average Bonchev–Trinajstić information content (AvgIpc) is 3.34. The number of rotatable bonds is 7. The Bertz CT molecular complexity index is 921. The van der Waals surface area contributed by atoms with Crippen molar-refractivity contribution in [2.75, 3.05) is 13.7 Å². The molecule has 0 aliphatic heterocycles. The van der Waals surface area contributed by atoms with Gasteiger partial charge in [0.05, 0.1) is 25.2 Å². The lowest BCUT2D eigenvalue weighted by Crippen LogP contribution is -2.28. The number of aryl methyl sites for hydroxylation is 1. The minimum atomic E-state index is -4.82. The number of methoxy groups -OCH3 is 1. The van der Waals surface area contributed by atoms with Gasteiger partial charge in [-0.15, -0.1) is 10.2 Å². The van der Waals surface area contributed by atoms with Crippen LogP contribution in [0.3, 0.4) is 0 Å². The summed E-state index contributed by atoms with van der Waals surface area (Å²) in [5.74, 6) is -0.918. The van der Waals surface area contributed by atoms with Crippen LogP contribution in [0.2, 0.25) is 0 Å². The summed E-state index contributed by atoms with van der Waals surface area (Å²) in [6.45, 7) is 0.773. The van der Waals surface area contributed by atoms with Crippen LogP contribution < -0.4 is 10.1 Å². The van der Waals surface area contributed by atoms with Gasteiger partial charge in [0, 0.05) is 31.5 Å². The van der Waals surface area contributed by atoms with Gasteiger partial charge in [-0.25, -0.2) is 9.67 Å². The van der Waals surface area contributed by atoms with E-state index in [9.17, 15) is 18.0 Å². The molecule has 9 nitrogen and oxygen atoms in total. The molecule has 12 heteroatoms. The van der Waals surface area contributed by atoms with Gasteiger partial charge in [0.2, 0.25) is 5.88 Å². The second-order valence-electron chi connectivity index (χ2n) is 5.66. The smallest absolute Gasteiger partial charge is 0.434 e. The molecule has 0 atom stereocenters. The molecule has 0 spiro atoms. The summed E-state index contributed by atoms with van der Waals surface area (Å²) in [6, 6.07) is 2.61. The molecule has 0 aromatic carbocycles. The highest BCUT2D eigenvalue weighted by molar-refractivity contribution is 5.95. The Balaban J connectivity index is 1.76. The molecule has 3 rings (SSSR count). The van der Waals surface area contributed by atoms with Gasteiger partial charge in [-0.1, -0.05) is 0 Å². The zero-order chi connectivity index (χ0) is 20.1. The van der Waals surface area contributed by atoms with Gasteiger partial charge in [-0.3, -0.25) is 4.79 Å². The van der Waals surface area contributed by atoms with E-state index >= 15 is 0 Å². The Morgan fingerprint density at radius 3 is 2.71 bits per heavy atom. The van der Waals surface area contributed by atoms with Crippen molar-refractivity contribution in [1.29, 1.82) is 0 Å².